The second kappa shape index (κ2) is 7.99. The summed E-state index contributed by atoms with van der Waals surface area (Å²) in [6.07, 6.45) is 5.99. The summed E-state index contributed by atoms with van der Waals surface area (Å²) in [7, 11) is 0. The maximum atomic E-state index is 12.7. The number of allylic oxidation sites excluding steroid dienone is 1. The van der Waals surface area contributed by atoms with Crippen molar-refractivity contribution in [2.75, 3.05) is 26.3 Å². The van der Waals surface area contributed by atoms with Gasteiger partial charge in [-0.2, -0.15) is 9.28 Å². The number of carbonyl (C=O) groups is 1. The fourth-order valence-corrected chi connectivity index (χ4v) is 4.46. The number of ether oxygens (including phenoxy) is 3. The topological polar surface area (TPSA) is 44.8 Å². The zero-order valence-electron chi connectivity index (χ0n) is 17.2. The predicted octanol–water partition coefficient (Wildman–Crippen LogP) is 5.04. The lowest BCUT2D eigenvalue weighted by atomic mass is 9.88. The van der Waals surface area contributed by atoms with Crippen LogP contribution >= 0.6 is 0 Å². The van der Waals surface area contributed by atoms with Gasteiger partial charge in [0.1, 0.15) is 25.4 Å². The smallest absolute Gasteiger partial charge is 0.415 e. The molecule has 0 aromatic heterocycles. The van der Waals surface area contributed by atoms with Crippen molar-refractivity contribution in [2.24, 2.45) is 0 Å². The van der Waals surface area contributed by atoms with Crippen molar-refractivity contribution in [1.29, 1.82) is 0 Å². The number of nitrogens with zero attached hydrogens (tertiary/aromatic N) is 1. The van der Waals surface area contributed by atoms with Gasteiger partial charge in [-0.3, -0.25) is 0 Å². The second-order valence-electron chi connectivity index (χ2n) is 8.46. The van der Waals surface area contributed by atoms with Crippen LogP contribution in [0.15, 0.2) is 60.2 Å². The largest absolute Gasteiger partial charge is 0.521 e. The van der Waals surface area contributed by atoms with Crippen molar-refractivity contribution in [3.05, 3.63) is 71.3 Å². The third-order valence-electron chi connectivity index (χ3n) is 6.45. The van der Waals surface area contributed by atoms with Gasteiger partial charge in [0.25, 0.3) is 0 Å². The Labute approximate surface area is 177 Å². The van der Waals surface area contributed by atoms with Gasteiger partial charge in [-0.1, -0.05) is 42.0 Å². The molecule has 2 heterocycles. The van der Waals surface area contributed by atoms with Crippen molar-refractivity contribution >= 4 is 17.9 Å². The van der Waals surface area contributed by atoms with Crippen LogP contribution in [0.3, 0.4) is 0 Å². The van der Waals surface area contributed by atoms with Crippen LogP contribution in [-0.4, -0.2) is 38.2 Å². The molecule has 1 saturated carbocycles. The van der Waals surface area contributed by atoms with Crippen molar-refractivity contribution < 1.29 is 19.0 Å². The molecule has 30 heavy (non-hydrogen) atoms. The summed E-state index contributed by atoms with van der Waals surface area (Å²) in [6, 6.07) is 18.2. The molecule has 5 heteroatoms. The molecule has 0 radical (unpaired) electrons. The van der Waals surface area contributed by atoms with Gasteiger partial charge >= 0.3 is 6.09 Å². The summed E-state index contributed by atoms with van der Waals surface area (Å²) in [6.45, 7) is 3.35. The van der Waals surface area contributed by atoms with Gasteiger partial charge in [-0.05, 0) is 36.1 Å². The van der Waals surface area contributed by atoms with Crippen LogP contribution in [0.1, 0.15) is 36.8 Å². The molecular formula is C25H28NO4+. The lowest BCUT2D eigenvalue weighted by molar-refractivity contribution is -0.171. The molecule has 1 spiro atoms. The van der Waals surface area contributed by atoms with Crippen molar-refractivity contribution in [2.45, 2.75) is 38.1 Å². The maximum Gasteiger partial charge on any atom is 0.521 e. The quantitative estimate of drug-likeness (QED) is 0.527. The number of rotatable bonds is 4. The Morgan fingerprint density at radius 1 is 0.967 bits per heavy atom. The molecular weight excluding hydrogens is 378 g/mol. The second-order valence-corrected chi connectivity index (χ2v) is 8.46. The molecule has 156 valence electrons. The zero-order valence-corrected chi connectivity index (χ0v) is 17.2. The minimum atomic E-state index is -0.322. The Bertz CT molecular complexity index is 913. The number of quaternary nitrogens is 1. The normalized spacial score (nSPS) is 21.4. The van der Waals surface area contributed by atoms with Crippen LogP contribution in [0.4, 0.5) is 10.5 Å². The molecule has 5 rings (SSSR count). The van der Waals surface area contributed by atoms with Crippen LogP contribution < -0.4 is 4.48 Å². The molecule has 1 amide bonds. The number of hydrogen-bond acceptors (Lipinski definition) is 4. The molecule has 5 nitrogen and oxygen atoms in total. The molecule has 2 aromatic carbocycles. The summed E-state index contributed by atoms with van der Waals surface area (Å²) in [5.41, 5.74) is 4.63. The van der Waals surface area contributed by atoms with Crippen LogP contribution in [0, 0.1) is 0 Å². The van der Waals surface area contributed by atoms with E-state index in [1.807, 2.05) is 30.3 Å². The van der Waals surface area contributed by atoms with Gasteiger partial charge in [-0.15, -0.1) is 0 Å². The Hall–Kier alpha value is -2.47. The summed E-state index contributed by atoms with van der Waals surface area (Å²) < 4.78 is 17.5. The highest BCUT2D eigenvalue weighted by Gasteiger charge is 2.54. The Kier molecular flexibility index (Phi) is 5.19. The lowest BCUT2D eigenvalue weighted by Gasteiger charge is -2.32. The molecule has 2 aromatic rings. The molecule has 0 N–H and O–H groups in total. The van der Waals surface area contributed by atoms with Crippen LogP contribution in [0.5, 0.6) is 0 Å². The Morgan fingerprint density at radius 2 is 1.63 bits per heavy atom. The van der Waals surface area contributed by atoms with Crippen molar-refractivity contribution in [3.8, 4) is 0 Å². The van der Waals surface area contributed by atoms with Crippen molar-refractivity contribution in [3.63, 3.8) is 0 Å². The molecule has 0 bridgehead atoms. The summed E-state index contributed by atoms with van der Waals surface area (Å²) in [5.74, 6) is -0.322. The van der Waals surface area contributed by atoms with Gasteiger partial charge < -0.3 is 14.2 Å². The number of benzene rings is 2. The predicted molar refractivity (Wildman–Crippen MR) is 116 cm³/mol. The minimum Gasteiger partial charge on any atom is -0.415 e. The van der Waals surface area contributed by atoms with E-state index < -0.39 is 0 Å². The SMILES string of the molecule is O=C(OCc1ccccc1)[N+]1(c2ccc(C=C3CCC4(CC3)OCCO4)cc2)CC1. The van der Waals surface area contributed by atoms with E-state index in [0.717, 1.165) is 50.0 Å². The standard InChI is InChI=1S/C25H28NO4/c27-24(28-19-22-4-2-1-3-5-22)26(14-15-26)23-8-6-20(7-9-23)18-21-10-12-25(13-11-21)29-16-17-30-25/h1-9,18H,10-17,19H2/q+1. The van der Waals surface area contributed by atoms with E-state index in [1.165, 1.54) is 11.1 Å². The van der Waals surface area contributed by atoms with Gasteiger partial charge in [0.15, 0.2) is 5.79 Å². The first-order valence-electron chi connectivity index (χ1n) is 10.8. The molecule has 0 unspecified atom stereocenters. The monoisotopic (exact) mass is 406 g/mol. The highest BCUT2D eigenvalue weighted by molar-refractivity contribution is 5.86. The van der Waals surface area contributed by atoms with Gasteiger partial charge in [0.2, 0.25) is 0 Å². The van der Waals surface area contributed by atoms with E-state index in [-0.39, 0.29) is 11.9 Å². The van der Waals surface area contributed by atoms with E-state index in [9.17, 15) is 4.79 Å². The third-order valence-corrected chi connectivity index (χ3v) is 6.45. The fraction of sp³-hybridized carbons (Fsp3) is 0.400. The molecule has 3 fully saturated rings. The van der Waals surface area contributed by atoms with Gasteiger partial charge in [-0.25, -0.2) is 0 Å². The van der Waals surface area contributed by atoms with Crippen molar-refractivity contribution in [1.82, 2.24) is 4.48 Å². The van der Waals surface area contributed by atoms with Crippen LogP contribution in [0.25, 0.3) is 6.08 Å². The molecule has 3 aliphatic rings. The number of carbonyl (C=O) groups excluding carboxylic acids is 1. The molecule has 2 saturated heterocycles. The van der Waals surface area contributed by atoms with E-state index in [0.29, 0.717) is 24.3 Å². The Morgan fingerprint density at radius 3 is 2.27 bits per heavy atom. The van der Waals surface area contributed by atoms with Gasteiger partial charge in [0, 0.05) is 25.0 Å². The van der Waals surface area contributed by atoms with E-state index in [2.05, 4.69) is 30.3 Å². The minimum absolute atomic E-state index is 0.168. The van der Waals surface area contributed by atoms with Gasteiger partial charge in [0.05, 0.1) is 13.2 Å². The first-order valence-corrected chi connectivity index (χ1v) is 10.8. The highest BCUT2D eigenvalue weighted by atomic mass is 16.7. The van der Waals surface area contributed by atoms with Crippen LogP contribution in [0.2, 0.25) is 0 Å². The first-order chi connectivity index (χ1) is 14.7. The highest BCUT2D eigenvalue weighted by Crippen LogP contribution is 2.39. The zero-order chi connectivity index (χ0) is 20.4. The van der Waals surface area contributed by atoms with E-state index in [1.54, 1.807) is 0 Å². The van der Waals surface area contributed by atoms with E-state index >= 15 is 0 Å². The summed E-state index contributed by atoms with van der Waals surface area (Å²) in [4.78, 5) is 12.7. The average molecular weight is 407 g/mol. The molecule has 2 aliphatic heterocycles. The average Bonchev–Trinajstić information content (AvgIpc) is 3.49. The van der Waals surface area contributed by atoms with E-state index in [4.69, 9.17) is 14.2 Å². The number of hydrogen-bond donors (Lipinski definition) is 0. The number of amides is 1. The third kappa shape index (κ3) is 3.93. The van der Waals surface area contributed by atoms with Crippen LogP contribution in [-0.2, 0) is 20.8 Å². The summed E-state index contributed by atoms with van der Waals surface area (Å²) >= 11 is 0. The first kappa shape index (κ1) is 19.5. The Balaban J connectivity index is 1.21. The molecule has 0 atom stereocenters. The fourth-order valence-electron chi connectivity index (χ4n) is 4.46. The molecule has 1 aliphatic carbocycles. The summed E-state index contributed by atoms with van der Waals surface area (Å²) in [5, 5.41) is 0. The lowest BCUT2D eigenvalue weighted by Crippen LogP contribution is -2.34. The maximum absolute atomic E-state index is 12.7.